The molecule has 3 nitrogen and oxygen atoms in total. The van der Waals surface area contributed by atoms with Gasteiger partial charge in [0.2, 0.25) is 0 Å². The molecule has 1 unspecified atom stereocenters. The Kier molecular flexibility index (Phi) is 5.15. The Hall–Kier alpha value is -0.680. The van der Waals surface area contributed by atoms with Gasteiger partial charge < -0.3 is 4.74 Å². The number of carbonyl (C=O) groups is 1. The number of ether oxygens (including phenoxy) is 1. The lowest BCUT2D eigenvalue weighted by molar-refractivity contribution is 0.0522. The van der Waals surface area contributed by atoms with Gasteiger partial charge in [0.25, 0.3) is 0 Å². The molecule has 0 saturated carbocycles. The fraction of sp³-hybridized carbons (Fsp3) is 0.364. The van der Waals surface area contributed by atoms with Gasteiger partial charge >= 0.3 is 5.97 Å². The zero-order valence-electron chi connectivity index (χ0n) is 9.16. The average Bonchev–Trinajstić information content (AvgIpc) is 2.28. The molecule has 0 amide bonds. The first-order valence-electron chi connectivity index (χ1n) is 4.82. The minimum Gasteiger partial charge on any atom is -0.462 e. The van der Waals surface area contributed by atoms with E-state index in [-0.39, 0.29) is 0 Å². The molecular weight excluding hydrogens is 292 g/mol. The maximum Gasteiger partial charge on any atom is 0.339 e. The minimum absolute atomic E-state index is 0.310. The SMILES string of the molecule is CCOC(=O)c1cccc(C)c1S(=O)CBr. The van der Waals surface area contributed by atoms with Crippen LogP contribution in [0.3, 0.4) is 0 Å². The van der Waals surface area contributed by atoms with Crippen molar-refractivity contribution in [2.24, 2.45) is 0 Å². The minimum atomic E-state index is -1.22. The molecule has 0 aliphatic rings. The van der Waals surface area contributed by atoms with Crippen molar-refractivity contribution < 1.29 is 13.7 Å². The topological polar surface area (TPSA) is 43.4 Å². The van der Waals surface area contributed by atoms with E-state index in [2.05, 4.69) is 15.9 Å². The highest BCUT2D eigenvalue weighted by atomic mass is 79.9. The van der Waals surface area contributed by atoms with Gasteiger partial charge in [-0.2, -0.15) is 0 Å². The Morgan fingerprint density at radius 2 is 2.19 bits per heavy atom. The van der Waals surface area contributed by atoms with E-state index >= 15 is 0 Å². The van der Waals surface area contributed by atoms with Gasteiger partial charge in [0.05, 0.1) is 32.5 Å². The maximum atomic E-state index is 11.8. The summed E-state index contributed by atoms with van der Waals surface area (Å²) in [5.74, 6) is -0.421. The Morgan fingerprint density at radius 1 is 1.50 bits per heavy atom. The van der Waals surface area contributed by atoms with Crippen molar-refractivity contribution in [3.63, 3.8) is 0 Å². The second-order valence-corrected chi connectivity index (χ2v) is 5.82. The van der Waals surface area contributed by atoms with E-state index in [1.807, 2.05) is 13.0 Å². The van der Waals surface area contributed by atoms with E-state index < -0.39 is 16.8 Å². The molecule has 0 aromatic heterocycles. The predicted octanol–water partition coefficient (Wildman–Crippen LogP) is 2.63. The third-order valence-corrected chi connectivity index (χ3v) is 4.48. The van der Waals surface area contributed by atoms with Crippen LogP contribution in [0.25, 0.3) is 0 Å². The van der Waals surface area contributed by atoms with Crippen LogP contribution in [0.4, 0.5) is 0 Å². The Bertz CT molecular complexity index is 418. The van der Waals surface area contributed by atoms with Crippen LogP contribution in [-0.2, 0) is 15.5 Å². The largest absolute Gasteiger partial charge is 0.462 e. The summed E-state index contributed by atoms with van der Waals surface area (Å²) in [6, 6.07) is 5.23. The van der Waals surface area contributed by atoms with Crippen LogP contribution >= 0.6 is 15.9 Å². The number of benzene rings is 1. The molecule has 1 rings (SSSR count). The van der Waals surface area contributed by atoms with Crippen LogP contribution in [0.5, 0.6) is 0 Å². The molecule has 0 saturated heterocycles. The number of rotatable bonds is 4. The Balaban J connectivity index is 3.22. The number of carbonyl (C=O) groups excluding carboxylic acids is 1. The highest BCUT2D eigenvalue weighted by molar-refractivity contribution is 9.10. The third-order valence-electron chi connectivity index (χ3n) is 2.03. The molecule has 1 atom stereocenters. The molecule has 0 N–H and O–H groups in total. The first kappa shape index (κ1) is 13.4. The Labute approximate surface area is 106 Å². The van der Waals surface area contributed by atoms with Crippen molar-refractivity contribution in [2.75, 3.05) is 11.3 Å². The molecule has 0 bridgehead atoms. The van der Waals surface area contributed by atoms with Gasteiger partial charge in [-0.25, -0.2) is 4.79 Å². The van der Waals surface area contributed by atoms with E-state index in [0.717, 1.165) is 5.56 Å². The number of hydrogen-bond acceptors (Lipinski definition) is 3. The second kappa shape index (κ2) is 6.15. The quantitative estimate of drug-likeness (QED) is 0.634. The normalized spacial score (nSPS) is 12.2. The fourth-order valence-corrected chi connectivity index (χ4v) is 3.00. The lowest BCUT2D eigenvalue weighted by atomic mass is 10.1. The summed E-state index contributed by atoms with van der Waals surface area (Å²) in [6.07, 6.45) is 0. The summed E-state index contributed by atoms with van der Waals surface area (Å²) in [6.45, 7) is 3.89. The van der Waals surface area contributed by atoms with Crippen molar-refractivity contribution in [2.45, 2.75) is 18.7 Å². The summed E-state index contributed by atoms with van der Waals surface area (Å²) in [5.41, 5.74) is 1.22. The van der Waals surface area contributed by atoms with E-state index in [9.17, 15) is 9.00 Å². The molecule has 1 aromatic carbocycles. The highest BCUT2D eigenvalue weighted by Crippen LogP contribution is 2.20. The predicted molar refractivity (Wildman–Crippen MR) is 67.3 cm³/mol. The lowest BCUT2D eigenvalue weighted by Crippen LogP contribution is -2.10. The summed E-state index contributed by atoms with van der Waals surface area (Å²) in [7, 11) is -1.22. The maximum absolute atomic E-state index is 11.8. The number of hydrogen-bond donors (Lipinski definition) is 0. The summed E-state index contributed by atoms with van der Waals surface area (Å²) in [5, 5.41) is 0. The highest BCUT2D eigenvalue weighted by Gasteiger charge is 2.18. The average molecular weight is 305 g/mol. The molecule has 0 fully saturated rings. The van der Waals surface area contributed by atoms with Gasteiger partial charge in [-0.3, -0.25) is 4.21 Å². The zero-order valence-corrected chi connectivity index (χ0v) is 11.6. The van der Waals surface area contributed by atoms with Crippen LogP contribution < -0.4 is 0 Å². The monoisotopic (exact) mass is 304 g/mol. The van der Waals surface area contributed by atoms with Gasteiger partial charge in [-0.1, -0.05) is 28.1 Å². The Morgan fingerprint density at radius 3 is 2.75 bits per heavy atom. The number of esters is 1. The van der Waals surface area contributed by atoms with Gasteiger partial charge in [0, 0.05) is 0 Å². The molecule has 0 heterocycles. The van der Waals surface area contributed by atoms with E-state index in [1.165, 1.54) is 0 Å². The van der Waals surface area contributed by atoms with Crippen molar-refractivity contribution in [3.05, 3.63) is 29.3 Å². The summed E-state index contributed by atoms with van der Waals surface area (Å²) >= 11 is 3.16. The van der Waals surface area contributed by atoms with Gasteiger partial charge in [0.1, 0.15) is 0 Å². The van der Waals surface area contributed by atoms with Crippen molar-refractivity contribution in [1.82, 2.24) is 0 Å². The van der Waals surface area contributed by atoms with Gasteiger partial charge in [-0.05, 0) is 25.5 Å². The van der Waals surface area contributed by atoms with Gasteiger partial charge in [0.15, 0.2) is 0 Å². The second-order valence-electron chi connectivity index (χ2n) is 3.13. The van der Waals surface area contributed by atoms with E-state index in [4.69, 9.17) is 4.74 Å². The summed E-state index contributed by atoms with van der Waals surface area (Å²) < 4.78 is 17.1. The standard InChI is InChI=1S/C11H13BrO3S/c1-3-15-11(13)9-6-4-5-8(2)10(9)16(14)7-12/h4-6H,3,7H2,1-2H3. The molecule has 88 valence electrons. The molecule has 0 spiro atoms. The van der Waals surface area contributed by atoms with Crippen molar-refractivity contribution in [1.29, 1.82) is 0 Å². The van der Waals surface area contributed by atoms with Crippen molar-refractivity contribution in [3.8, 4) is 0 Å². The molecular formula is C11H13BrO3S. The van der Waals surface area contributed by atoms with E-state index in [1.54, 1.807) is 19.1 Å². The number of alkyl halides is 1. The molecule has 16 heavy (non-hydrogen) atoms. The number of aryl methyl sites for hydroxylation is 1. The summed E-state index contributed by atoms with van der Waals surface area (Å²) in [4.78, 5) is 12.2. The first-order chi connectivity index (χ1) is 7.61. The van der Waals surface area contributed by atoms with E-state index in [0.29, 0.717) is 21.7 Å². The zero-order chi connectivity index (χ0) is 12.1. The van der Waals surface area contributed by atoms with Crippen molar-refractivity contribution >= 4 is 32.7 Å². The van der Waals surface area contributed by atoms with Crippen LogP contribution in [0.15, 0.2) is 23.1 Å². The molecule has 1 aromatic rings. The molecule has 0 aliphatic heterocycles. The smallest absolute Gasteiger partial charge is 0.339 e. The first-order valence-corrected chi connectivity index (χ1v) is 7.27. The molecule has 5 heteroatoms. The van der Waals surface area contributed by atoms with Crippen LogP contribution in [-0.4, -0.2) is 21.4 Å². The molecule has 0 aliphatic carbocycles. The molecule has 0 radical (unpaired) electrons. The number of halogens is 1. The lowest BCUT2D eigenvalue weighted by Gasteiger charge is -2.09. The third kappa shape index (κ3) is 2.92. The van der Waals surface area contributed by atoms with Crippen LogP contribution in [0.2, 0.25) is 0 Å². The van der Waals surface area contributed by atoms with Crippen LogP contribution in [0, 0.1) is 6.92 Å². The van der Waals surface area contributed by atoms with Gasteiger partial charge in [-0.15, -0.1) is 0 Å². The van der Waals surface area contributed by atoms with Crippen LogP contribution in [0.1, 0.15) is 22.8 Å². The fourth-order valence-electron chi connectivity index (χ4n) is 1.38.